The molecule has 2 N–H and O–H groups in total. The third-order valence-electron chi connectivity index (χ3n) is 6.14. The molecule has 5 rings (SSSR count). The van der Waals surface area contributed by atoms with Gasteiger partial charge in [0.25, 0.3) is 5.91 Å². The van der Waals surface area contributed by atoms with E-state index in [9.17, 15) is 14.3 Å². The average molecular weight is 466 g/mol. The third-order valence-corrected chi connectivity index (χ3v) is 6.14. The predicted octanol–water partition coefficient (Wildman–Crippen LogP) is 4.89. The van der Waals surface area contributed by atoms with E-state index < -0.39 is 17.2 Å². The molecule has 1 atom stereocenters. The zero-order valence-electron chi connectivity index (χ0n) is 19.6. The minimum Gasteiger partial charge on any atom is -0.389 e. The Morgan fingerprint density at radius 1 is 1.29 bits per heavy atom. The lowest BCUT2D eigenvalue weighted by Gasteiger charge is -2.35. The van der Waals surface area contributed by atoms with Crippen LogP contribution in [0.2, 0.25) is 0 Å². The number of aromatic nitrogens is 4. The van der Waals surface area contributed by atoms with Crippen molar-refractivity contribution in [3.05, 3.63) is 60.0 Å². The largest absolute Gasteiger partial charge is 0.389 e. The highest BCUT2D eigenvalue weighted by Crippen LogP contribution is 2.36. The van der Waals surface area contributed by atoms with Gasteiger partial charge in [0.15, 0.2) is 0 Å². The summed E-state index contributed by atoms with van der Waals surface area (Å²) in [4.78, 5) is 21.4. The average Bonchev–Trinajstić information content (AvgIpc) is 3.26. The summed E-state index contributed by atoms with van der Waals surface area (Å²) in [7, 11) is 0. The maximum Gasteiger partial charge on any atom is 0.274 e. The quantitative estimate of drug-likeness (QED) is 0.568. The summed E-state index contributed by atoms with van der Waals surface area (Å²) in [6.45, 7) is 7.34. The lowest BCUT2D eigenvalue weighted by atomic mass is 9.75. The second kappa shape index (κ2) is 8.98. The SMILES string of the molecule is Cc1ccc(-c2ncon2)cc1NC(=O)c1cnc2n1C=CC(C)(C(C)(C)O)C=C2.FC1CC1. The van der Waals surface area contributed by atoms with Crippen LogP contribution in [0.5, 0.6) is 0 Å². The van der Waals surface area contributed by atoms with E-state index in [0.717, 1.165) is 24.0 Å². The molecule has 1 saturated carbocycles. The Balaban J connectivity index is 0.000000620. The van der Waals surface area contributed by atoms with Crippen LogP contribution in [0.1, 0.15) is 55.5 Å². The Hall–Kier alpha value is -3.59. The van der Waals surface area contributed by atoms with E-state index in [0.29, 0.717) is 23.0 Å². The highest BCUT2D eigenvalue weighted by molar-refractivity contribution is 6.04. The number of hydrogen-bond acceptors (Lipinski definition) is 6. The molecule has 1 unspecified atom stereocenters. The number of alkyl halides is 1. The van der Waals surface area contributed by atoms with Gasteiger partial charge in [-0.2, -0.15) is 4.98 Å². The van der Waals surface area contributed by atoms with Crippen molar-refractivity contribution in [2.75, 3.05) is 5.32 Å². The summed E-state index contributed by atoms with van der Waals surface area (Å²) < 4.78 is 17.6. The van der Waals surface area contributed by atoms with Crippen LogP contribution in [-0.4, -0.2) is 42.5 Å². The van der Waals surface area contributed by atoms with Gasteiger partial charge >= 0.3 is 0 Å². The first-order chi connectivity index (χ1) is 16.1. The number of imidazole rings is 1. The molecule has 34 heavy (non-hydrogen) atoms. The van der Waals surface area contributed by atoms with Crippen molar-refractivity contribution in [1.29, 1.82) is 0 Å². The van der Waals surface area contributed by atoms with Crippen molar-refractivity contribution in [2.24, 2.45) is 5.41 Å². The maximum absolute atomic E-state index is 13.0. The van der Waals surface area contributed by atoms with Crippen molar-refractivity contribution in [3.8, 4) is 11.4 Å². The smallest absolute Gasteiger partial charge is 0.274 e. The van der Waals surface area contributed by atoms with Gasteiger partial charge in [-0.05, 0) is 58.2 Å². The molecule has 0 bridgehead atoms. The van der Waals surface area contributed by atoms with Crippen LogP contribution >= 0.6 is 0 Å². The van der Waals surface area contributed by atoms with E-state index >= 15 is 0 Å². The molecule has 3 aromatic rings. The number of carbonyl (C=O) groups excluding carboxylic acids is 1. The standard InChI is InChI=1S/C22H23N5O3.C3H5F/c1-14-5-6-15(19-24-13-30-26-19)11-16(14)25-20(28)17-12-23-18-7-8-22(4,21(2,3)29)9-10-27(17)18;4-3-1-2-3/h5-13,29H,1-4H3,(H,25,28);3H,1-2H2. The molecule has 178 valence electrons. The summed E-state index contributed by atoms with van der Waals surface area (Å²) in [5.74, 6) is 0.761. The van der Waals surface area contributed by atoms with E-state index in [4.69, 9.17) is 4.52 Å². The van der Waals surface area contributed by atoms with Gasteiger partial charge < -0.3 is 14.9 Å². The van der Waals surface area contributed by atoms with Gasteiger partial charge in [-0.15, -0.1) is 0 Å². The number of carbonyl (C=O) groups is 1. The normalized spacial score (nSPS) is 19.1. The first kappa shape index (κ1) is 23.6. The Kier molecular flexibility index (Phi) is 6.22. The molecule has 1 amide bonds. The lowest BCUT2D eigenvalue weighted by Crippen LogP contribution is -2.37. The summed E-state index contributed by atoms with van der Waals surface area (Å²) in [6.07, 6.45) is 11.4. The van der Waals surface area contributed by atoms with Crippen LogP contribution in [0.15, 0.2) is 47.5 Å². The number of rotatable bonds is 4. The molecule has 0 radical (unpaired) electrons. The maximum atomic E-state index is 13.0. The van der Waals surface area contributed by atoms with Crippen LogP contribution in [0.4, 0.5) is 10.1 Å². The van der Waals surface area contributed by atoms with Crippen LogP contribution in [0.3, 0.4) is 0 Å². The van der Waals surface area contributed by atoms with Crippen molar-refractivity contribution in [3.63, 3.8) is 0 Å². The molecule has 1 aliphatic carbocycles. The Morgan fingerprint density at radius 3 is 2.65 bits per heavy atom. The molecule has 2 aliphatic rings. The number of aliphatic hydroxyl groups is 1. The Bertz CT molecular complexity index is 1240. The monoisotopic (exact) mass is 465 g/mol. The van der Waals surface area contributed by atoms with Gasteiger partial charge in [0.05, 0.1) is 11.8 Å². The van der Waals surface area contributed by atoms with Gasteiger partial charge in [-0.25, -0.2) is 9.37 Å². The third kappa shape index (κ3) is 4.99. The van der Waals surface area contributed by atoms with Crippen LogP contribution in [-0.2, 0) is 0 Å². The second-order valence-corrected chi connectivity index (χ2v) is 9.28. The molecule has 9 heteroatoms. The van der Waals surface area contributed by atoms with E-state index in [1.54, 1.807) is 30.7 Å². The number of amides is 1. The number of hydrogen-bond donors (Lipinski definition) is 2. The molecule has 0 spiro atoms. The van der Waals surface area contributed by atoms with E-state index in [1.165, 1.54) is 12.6 Å². The van der Waals surface area contributed by atoms with Crippen molar-refractivity contribution >= 4 is 23.9 Å². The highest BCUT2D eigenvalue weighted by atomic mass is 19.1. The first-order valence-corrected chi connectivity index (χ1v) is 11.1. The predicted molar refractivity (Wildman–Crippen MR) is 128 cm³/mol. The molecule has 1 fully saturated rings. The van der Waals surface area contributed by atoms with Gasteiger partial charge in [-0.3, -0.25) is 9.36 Å². The van der Waals surface area contributed by atoms with Crippen LogP contribution in [0.25, 0.3) is 23.7 Å². The summed E-state index contributed by atoms with van der Waals surface area (Å²) in [6, 6.07) is 5.56. The number of halogens is 1. The zero-order valence-corrected chi connectivity index (χ0v) is 19.6. The number of fused-ring (bicyclic) bond motifs is 1. The molecule has 1 aliphatic heterocycles. The minimum absolute atomic E-state index is 0.299. The Labute approximate surface area is 197 Å². The molecule has 0 saturated heterocycles. The van der Waals surface area contributed by atoms with Crippen LogP contribution < -0.4 is 5.32 Å². The molecular weight excluding hydrogens is 437 g/mol. The molecule has 8 nitrogen and oxygen atoms in total. The number of anilines is 1. The Morgan fingerprint density at radius 2 is 2.03 bits per heavy atom. The van der Waals surface area contributed by atoms with Crippen molar-refractivity contribution in [1.82, 2.24) is 19.7 Å². The number of benzene rings is 1. The summed E-state index contributed by atoms with van der Waals surface area (Å²) in [5, 5.41) is 17.3. The summed E-state index contributed by atoms with van der Waals surface area (Å²) >= 11 is 0. The first-order valence-electron chi connectivity index (χ1n) is 11.1. The lowest BCUT2D eigenvalue weighted by molar-refractivity contribution is 0.00846. The van der Waals surface area contributed by atoms with E-state index in [-0.39, 0.29) is 5.91 Å². The van der Waals surface area contributed by atoms with Gasteiger partial charge in [0, 0.05) is 22.9 Å². The highest BCUT2D eigenvalue weighted by Gasteiger charge is 2.36. The fourth-order valence-corrected chi connectivity index (χ4v) is 3.21. The topological polar surface area (TPSA) is 106 Å². The van der Waals surface area contributed by atoms with Gasteiger partial charge in [0.2, 0.25) is 12.2 Å². The number of aryl methyl sites for hydroxylation is 1. The number of nitrogens with zero attached hydrogens (tertiary/aromatic N) is 4. The van der Waals surface area contributed by atoms with Gasteiger partial charge in [0.1, 0.15) is 17.7 Å². The zero-order chi connectivity index (χ0) is 24.5. The molecule has 3 heterocycles. The number of nitrogens with one attached hydrogen (secondary N) is 1. The fraction of sp³-hybridized carbons (Fsp3) is 0.360. The fourth-order valence-electron chi connectivity index (χ4n) is 3.21. The summed E-state index contributed by atoms with van der Waals surface area (Å²) in [5.41, 5.74) is 1.09. The van der Waals surface area contributed by atoms with E-state index in [1.807, 2.05) is 44.2 Å². The molecular formula is C25H28FN5O3. The molecule has 1 aromatic carbocycles. The van der Waals surface area contributed by atoms with E-state index in [2.05, 4.69) is 20.4 Å². The van der Waals surface area contributed by atoms with Crippen LogP contribution in [0, 0.1) is 12.3 Å². The minimum atomic E-state index is -0.973. The van der Waals surface area contributed by atoms with Crippen molar-refractivity contribution in [2.45, 2.75) is 52.3 Å². The van der Waals surface area contributed by atoms with Crippen molar-refractivity contribution < 1.29 is 18.8 Å². The second-order valence-electron chi connectivity index (χ2n) is 9.28. The van der Waals surface area contributed by atoms with Gasteiger partial charge in [-0.1, -0.05) is 29.4 Å². The molecule has 2 aromatic heterocycles.